The zero-order chi connectivity index (χ0) is 18.6. The van der Waals surface area contributed by atoms with Gasteiger partial charge in [0.05, 0.1) is 31.1 Å². The molecule has 0 radical (unpaired) electrons. The van der Waals surface area contributed by atoms with Crippen molar-refractivity contribution < 1.29 is 44.7 Å². The number of carbonyl (C=O) groups is 4. The number of hydrogen-bond acceptors (Lipinski definition) is 8. The average Bonchev–Trinajstić information content (AvgIpc) is 2.46. The first-order valence-electron chi connectivity index (χ1n) is 5.67. The van der Waals surface area contributed by atoms with Crippen LogP contribution < -0.4 is 0 Å². The van der Waals surface area contributed by atoms with Crippen molar-refractivity contribution in [1.29, 1.82) is 0 Å². The molecule has 0 saturated carbocycles. The second-order valence-corrected chi connectivity index (χ2v) is 3.78. The third-order valence-corrected chi connectivity index (χ3v) is 1.60. The SMILES string of the molecule is CC(=O)CCC(=O)O.O=C(O)CS.O=C(O)CS.OCCO. The van der Waals surface area contributed by atoms with E-state index >= 15 is 0 Å². The van der Waals surface area contributed by atoms with Crippen molar-refractivity contribution in [2.75, 3.05) is 24.7 Å². The van der Waals surface area contributed by atoms with Gasteiger partial charge in [0.25, 0.3) is 0 Å². The van der Waals surface area contributed by atoms with E-state index < -0.39 is 17.9 Å². The fourth-order valence-corrected chi connectivity index (χ4v) is 0.283. The van der Waals surface area contributed by atoms with Crippen LogP contribution in [0.3, 0.4) is 0 Å². The standard InChI is InChI=1S/C5H8O3.2C2H4O2S.C2H6O2/c1-4(6)2-3-5(7)8;2*3-2(4)1-5;3-1-2-4/h2-3H2,1H3,(H,7,8);2*5H,1H2,(H,3,4);3-4H,1-2H2. The molecule has 0 aliphatic rings. The number of carbonyl (C=O) groups excluding carboxylic acids is 1. The molecule has 0 aromatic rings. The van der Waals surface area contributed by atoms with Crippen molar-refractivity contribution in [2.24, 2.45) is 0 Å². The molecule has 0 saturated heterocycles. The molecule has 0 bridgehead atoms. The van der Waals surface area contributed by atoms with Crippen molar-refractivity contribution in [3.8, 4) is 0 Å². The predicted octanol–water partition coefficient (Wildman–Crippen LogP) is -0.587. The Hall–Kier alpha value is -1.30. The maximum atomic E-state index is 10.1. The van der Waals surface area contributed by atoms with E-state index in [0.29, 0.717) is 0 Å². The summed E-state index contributed by atoms with van der Waals surface area (Å²) in [6.45, 7) is 1.13. The summed E-state index contributed by atoms with van der Waals surface area (Å²) < 4.78 is 0. The van der Waals surface area contributed by atoms with Crippen LogP contribution in [0.15, 0.2) is 0 Å². The predicted molar refractivity (Wildman–Crippen MR) is 84.7 cm³/mol. The summed E-state index contributed by atoms with van der Waals surface area (Å²) in [4.78, 5) is 38.4. The summed E-state index contributed by atoms with van der Waals surface area (Å²) in [5.74, 6) is -2.92. The van der Waals surface area contributed by atoms with E-state index in [2.05, 4.69) is 25.3 Å². The highest BCUT2D eigenvalue weighted by atomic mass is 32.1. The van der Waals surface area contributed by atoms with Gasteiger partial charge in [0.2, 0.25) is 0 Å². The minimum absolute atomic E-state index is 0.0463. The van der Waals surface area contributed by atoms with Crippen LogP contribution in [0.4, 0.5) is 0 Å². The second-order valence-electron chi connectivity index (χ2n) is 3.15. The lowest BCUT2D eigenvalue weighted by atomic mass is 10.2. The van der Waals surface area contributed by atoms with Crippen LogP contribution in [0, 0.1) is 0 Å². The van der Waals surface area contributed by atoms with Gasteiger partial charge in [-0.1, -0.05) is 0 Å². The van der Waals surface area contributed by atoms with Gasteiger partial charge in [0.1, 0.15) is 5.78 Å². The van der Waals surface area contributed by atoms with Crippen molar-refractivity contribution in [3.63, 3.8) is 0 Å². The van der Waals surface area contributed by atoms with E-state index in [1.165, 1.54) is 6.92 Å². The first-order valence-corrected chi connectivity index (χ1v) is 6.93. The van der Waals surface area contributed by atoms with Crippen LogP contribution in [0.5, 0.6) is 0 Å². The molecule has 0 atom stereocenters. The number of rotatable bonds is 6. The molecule has 11 heteroatoms. The average molecular weight is 362 g/mol. The van der Waals surface area contributed by atoms with Gasteiger partial charge in [0, 0.05) is 6.42 Å². The van der Waals surface area contributed by atoms with Crippen LogP contribution >= 0.6 is 25.3 Å². The fourth-order valence-electron chi connectivity index (χ4n) is 0.283. The van der Waals surface area contributed by atoms with E-state index in [-0.39, 0.29) is 43.3 Å². The number of aliphatic hydroxyl groups excluding tert-OH is 2. The first-order chi connectivity index (χ1) is 10.1. The van der Waals surface area contributed by atoms with Gasteiger partial charge >= 0.3 is 17.9 Å². The van der Waals surface area contributed by atoms with Gasteiger partial charge < -0.3 is 30.3 Å². The van der Waals surface area contributed by atoms with E-state index in [9.17, 15) is 19.2 Å². The molecule has 0 aliphatic heterocycles. The van der Waals surface area contributed by atoms with Crippen LogP contribution in [-0.4, -0.2) is 73.9 Å². The van der Waals surface area contributed by atoms with Gasteiger partial charge in [-0.25, -0.2) is 0 Å². The molecular formula is C11H22O9S2. The third-order valence-electron chi connectivity index (χ3n) is 1.06. The summed E-state index contributed by atoms with van der Waals surface area (Å²) in [5, 5.41) is 38.6. The molecule has 0 unspecified atom stereocenters. The van der Waals surface area contributed by atoms with E-state index in [1.807, 2.05) is 0 Å². The normalized spacial score (nSPS) is 7.86. The number of hydrogen-bond donors (Lipinski definition) is 7. The zero-order valence-electron chi connectivity index (χ0n) is 12.0. The van der Waals surface area contributed by atoms with Gasteiger partial charge in [-0.15, -0.1) is 0 Å². The lowest BCUT2D eigenvalue weighted by Gasteiger charge is -1.86. The Morgan fingerprint density at radius 3 is 1.05 bits per heavy atom. The quantitative estimate of drug-likeness (QED) is 0.305. The number of aliphatic carboxylic acids is 3. The highest BCUT2D eigenvalue weighted by Crippen LogP contribution is 1.87. The summed E-state index contributed by atoms with van der Waals surface area (Å²) in [6, 6.07) is 0. The number of ketones is 1. The Balaban J connectivity index is -0.000000102. The summed E-state index contributed by atoms with van der Waals surface area (Å²) in [7, 11) is 0. The lowest BCUT2D eigenvalue weighted by Crippen LogP contribution is -1.98. The molecule has 5 N–H and O–H groups in total. The Morgan fingerprint density at radius 2 is 1.00 bits per heavy atom. The number of carboxylic acids is 3. The Kier molecular flexibility index (Phi) is 32.3. The molecule has 0 aromatic heterocycles. The second kappa shape index (κ2) is 24.7. The molecule has 0 rings (SSSR count). The van der Waals surface area contributed by atoms with E-state index in [4.69, 9.17) is 25.5 Å². The number of carboxylic acid groups (broad SMARTS) is 3. The molecule has 0 aromatic carbocycles. The monoisotopic (exact) mass is 362 g/mol. The maximum absolute atomic E-state index is 10.1. The van der Waals surface area contributed by atoms with E-state index in [0.717, 1.165) is 0 Å². The van der Waals surface area contributed by atoms with Gasteiger partial charge in [-0.2, -0.15) is 25.3 Å². The van der Waals surface area contributed by atoms with Crippen LogP contribution in [0.25, 0.3) is 0 Å². The first kappa shape index (κ1) is 28.8. The minimum Gasteiger partial charge on any atom is -0.481 e. The zero-order valence-corrected chi connectivity index (χ0v) is 13.8. The molecule has 22 heavy (non-hydrogen) atoms. The minimum atomic E-state index is -0.916. The van der Waals surface area contributed by atoms with Crippen molar-refractivity contribution >= 4 is 48.9 Å². The molecule has 0 aliphatic carbocycles. The van der Waals surface area contributed by atoms with Crippen LogP contribution in [0.1, 0.15) is 19.8 Å². The van der Waals surface area contributed by atoms with Gasteiger partial charge in [-0.3, -0.25) is 14.4 Å². The smallest absolute Gasteiger partial charge is 0.313 e. The molecule has 0 heterocycles. The van der Waals surface area contributed by atoms with Crippen molar-refractivity contribution in [3.05, 3.63) is 0 Å². The topological polar surface area (TPSA) is 169 Å². The van der Waals surface area contributed by atoms with Crippen molar-refractivity contribution in [2.45, 2.75) is 19.8 Å². The highest BCUT2D eigenvalue weighted by molar-refractivity contribution is 7.81. The Bertz CT molecular complexity index is 278. The maximum Gasteiger partial charge on any atom is 0.313 e. The lowest BCUT2D eigenvalue weighted by molar-refractivity contribution is -0.138. The molecule has 0 amide bonds. The summed E-state index contributed by atoms with van der Waals surface area (Å²) in [5.41, 5.74) is 0. The number of thiol groups is 2. The summed E-state index contributed by atoms with van der Waals surface area (Å²) >= 11 is 6.83. The fraction of sp³-hybridized carbons (Fsp3) is 0.636. The van der Waals surface area contributed by atoms with Crippen molar-refractivity contribution in [1.82, 2.24) is 0 Å². The van der Waals surface area contributed by atoms with Gasteiger partial charge in [-0.05, 0) is 6.92 Å². The number of Topliss-reactive ketones (excluding diaryl/α,β-unsaturated/α-hetero) is 1. The molecule has 0 spiro atoms. The third kappa shape index (κ3) is 77.4. The molecule has 132 valence electrons. The Labute approximate surface area is 138 Å². The van der Waals surface area contributed by atoms with Gasteiger partial charge in [0.15, 0.2) is 0 Å². The highest BCUT2D eigenvalue weighted by Gasteiger charge is 1.97. The summed E-state index contributed by atoms with van der Waals surface area (Å²) in [6.07, 6.45) is 0.102. The number of aliphatic hydroxyl groups is 2. The molecule has 9 nitrogen and oxygen atoms in total. The Morgan fingerprint density at radius 1 is 0.727 bits per heavy atom. The largest absolute Gasteiger partial charge is 0.481 e. The van der Waals surface area contributed by atoms with Crippen LogP contribution in [0.2, 0.25) is 0 Å². The molecular weight excluding hydrogens is 340 g/mol. The molecule has 0 fully saturated rings. The van der Waals surface area contributed by atoms with Crippen LogP contribution in [-0.2, 0) is 19.2 Å². The van der Waals surface area contributed by atoms with E-state index in [1.54, 1.807) is 0 Å².